The Labute approximate surface area is 170 Å². The highest BCUT2D eigenvalue weighted by atomic mass is 32.2. The van der Waals surface area contributed by atoms with E-state index in [9.17, 15) is 31.5 Å². The first-order valence-corrected chi connectivity index (χ1v) is 10.7. The van der Waals surface area contributed by atoms with E-state index in [0.717, 1.165) is 30.5 Å². The van der Waals surface area contributed by atoms with Crippen LogP contribution < -0.4 is 4.72 Å². The van der Waals surface area contributed by atoms with Gasteiger partial charge < -0.3 is 5.11 Å². The zero-order valence-corrected chi connectivity index (χ0v) is 16.8. The van der Waals surface area contributed by atoms with E-state index >= 15 is 0 Å². The zero-order valence-electron chi connectivity index (χ0n) is 15.9. The Morgan fingerprint density at radius 2 is 1.73 bits per heavy atom. The molecule has 7 nitrogen and oxygen atoms in total. The number of carboxylic acids is 1. The van der Waals surface area contributed by atoms with Gasteiger partial charge in [-0.25, -0.2) is 17.9 Å². The second-order valence-electron chi connectivity index (χ2n) is 6.76. The number of fused-ring (bicyclic) bond motifs is 1. The number of carboxylic acid groups (broad SMARTS) is 1. The molecule has 0 aliphatic heterocycles. The van der Waals surface area contributed by atoms with Gasteiger partial charge in [-0.05, 0) is 36.2 Å². The second-order valence-corrected chi connectivity index (χ2v) is 8.51. The van der Waals surface area contributed by atoms with Crippen LogP contribution in [0.3, 0.4) is 0 Å². The molecular weight excluding hydrogens is 423 g/mol. The number of halogens is 3. The smallest absolute Gasteiger partial charge is 0.416 e. The number of rotatable bonds is 6. The zero-order chi connectivity index (χ0) is 22.3. The van der Waals surface area contributed by atoms with Crippen molar-refractivity contribution in [1.29, 1.82) is 0 Å². The lowest BCUT2D eigenvalue weighted by molar-refractivity contribution is -0.145. The lowest BCUT2D eigenvalue weighted by Gasteiger charge is -2.30. The van der Waals surface area contributed by atoms with Crippen LogP contribution in [-0.4, -0.2) is 35.5 Å². The van der Waals surface area contributed by atoms with Gasteiger partial charge in [-0.2, -0.15) is 18.3 Å². The molecule has 0 amide bonds. The number of benzene rings is 2. The molecule has 0 saturated heterocycles. The van der Waals surface area contributed by atoms with Crippen LogP contribution in [0.5, 0.6) is 0 Å². The third-order valence-electron chi connectivity index (χ3n) is 4.83. The maximum absolute atomic E-state index is 12.9. The molecule has 0 radical (unpaired) electrons. The van der Waals surface area contributed by atoms with Crippen LogP contribution in [0, 0.1) is 0 Å². The summed E-state index contributed by atoms with van der Waals surface area (Å²) in [5, 5.41) is 14.6. The van der Waals surface area contributed by atoms with Crippen LogP contribution in [0.15, 0.2) is 48.7 Å². The van der Waals surface area contributed by atoms with Gasteiger partial charge in [-0.15, -0.1) is 0 Å². The van der Waals surface area contributed by atoms with Crippen molar-refractivity contribution >= 4 is 32.6 Å². The molecule has 0 saturated carbocycles. The average Bonchev–Trinajstić information content (AvgIpc) is 3.07. The molecule has 1 atom stereocenters. The molecule has 1 heterocycles. The summed E-state index contributed by atoms with van der Waals surface area (Å²) in [5.41, 5.74) is -2.06. The normalized spacial score (nSPS) is 14.4. The lowest BCUT2D eigenvalue weighted by Crippen LogP contribution is -2.43. The highest BCUT2D eigenvalue weighted by molar-refractivity contribution is 7.92. The van der Waals surface area contributed by atoms with Crippen LogP contribution in [-0.2, 0) is 26.5 Å². The number of alkyl halides is 3. The molecule has 0 spiro atoms. The molecule has 0 fully saturated rings. The van der Waals surface area contributed by atoms with E-state index in [1.165, 1.54) is 23.0 Å². The van der Waals surface area contributed by atoms with E-state index in [4.69, 9.17) is 0 Å². The van der Waals surface area contributed by atoms with Gasteiger partial charge in [0.1, 0.15) is 0 Å². The SMILES string of the molecule is CCC(C(=O)O)(c1ccc(C(F)(F)F)cc1)n1ncc2c(NS(C)(=O)=O)cccc21. The molecule has 3 rings (SSSR count). The van der Waals surface area contributed by atoms with Crippen molar-refractivity contribution in [2.45, 2.75) is 25.1 Å². The summed E-state index contributed by atoms with van der Waals surface area (Å²) in [5.74, 6) is -1.31. The quantitative estimate of drug-likeness (QED) is 0.608. The monoisotopic (exact) mass is 441 g/mol. The van der Waals surface area contributed by atoms with Gasteiger partial charge in [0.2, 0.25) is 10.0 Å². The van der Waals surface area contributed by atoms with Crippen LogP contribution in [0.1, 0.15) is 24.5 Å². The standard InChI is InChI=1S/C19H18F3N3O4S/c1-3-18(17(26)27,12-7-9-13(10-8-12)19(20,21)22)25-16-6-4-5-15(14(16)11-23-25)24-30(2,28)29/h4-11,24H,3H2,1-2H3,(H,26,27). The lowest BCUT2D eigenvalue weighted by atomic mass is 9.86. The fourth-order valence-corrected chi connectivity index (χ4v) is 4.00. The highest BCUT2D eigenvalue weighted by Crippen LogP contribution is 2.37. The fourth-order valence-electron chi connectivity index (χ4n) is 3.42. The molecule has 2 N–H and O–H groups in total. The van der Waals surface area contributed by atoms with Crippen molar-refractivity contribution in [2.24, 2.45) is 0 Å². The average molecular weight is 441 g/mol. The molecule has 30 heavy (non-hydrogen) atoms. The van der Waals surface area contributed by atoms with E-state index < -0.39 is 33.3 Å². The minimum atomic E-state index is -4.55. The van der Waals surface area contributed by atoms with E-state index in [-0.39, 0.29) is 17.7 Å². The second kappa shape index (κ2) is 7.31. The number of anilines is 1. The summed E-state index contributed by atoms with van der Waals surface area (Å²) in [6.07, 6.45) is -2.28. The number of aromatic nitrogens is 2. The maximum atomic E-state index is 12.9. The van der Waals surface area contributed by atoms with Crippen LogP contribution in [0.2, 0.25) is 0 Å². The summed E-state index contributed by atoms with van der Waals surface area (Å²) in [6, 6.07) is 8.48. The van der Waals surface area contributed by atoms with Gasteiger partial charge >= 0.3 is 12.1 Å². The number of nitrogens with zero attached hydrogens (tertiary/aromatic N) is 2. The van der Waals surface area contributed by atoms with Crippen LogP contribution >= 0.6 is 0 Å². The Balaban J connectivity index is 2.24. The summed E-state index contributed by atoms with van der Waals surface area (Å²) >= 11 is 0. The van der Waals surface area contributed by atoms with E-state index in [1.54, 1.807) is 13.0 Å². The molecule has 3 aromatic rings. The molecule has 2 aromatic carbocycles. The van der Waals surface area contributed by atoms with Crippen molar-refractivity contribution in [3.63, 3.8) is 0 Å². The molecule has 0 bridgehead atoms. The number of aliphatic carboxylic acids is 1. The fraction of sp³-hybridized carbons (Fsp3) is 0.263. The largest absolute Gasteiger partial charge is 0.479 e. The Morgan fingerprint density at radius 3 is 2.23 bits per heavy atom. The summed E-state index contributed by atoms with van der Waals surface area (Å²) < 4.78 is 65.6. The molecule has 11 heteroatoms. The van der Waals surface area contributed by atoms with Gasteiger partial charge in [0.05, 0.1) is 29.2 Å². The van der Waals surface area contributed by atoms with Crippen molar-refractivity contribution in [3.8, 4) is 0 Å². The minimum Gasteiger partial charge on any atom is -0.479 e. The highest BCUT2D eigenvalue weighted by Gasteiger charge is 2.43. The van der Waals surface area contributed by atoms with Crippen LogP contribution in [0.4, 0.5) is 18.9 Å². The van der Waals surface area contributed by atoms with Crippen LogP contribution in [0.25, 0.3) is 10.9 Å². The van der Waals surface area contributed by atoms with Crippen molar-refractivity contribution in [1.82, 2.24) is 9.78 Å². The van der Waals surface area contributed by atoms with Gasteiger partial charge in [-0.3, -0.25) is 4.72 Å². The first-order valence-electron chi connectivity index (χ1n) is 8.76. The first kappa shape index (κ1) is 21.6. The van der Waals surface area contributed by atoms with Crippen molar-refractivity contribution in [3.05, 3.63) is 59.8 Å². The molecule has 160 valence electrons. The van der Waals surface area contributed by atoms with E-state index in [0.29, 0.717) is 10.9 Å². The van der Waals surface area contributed by atoms with E-state index in [1.807, 2.05) is 0 Å². The van der Waals surface area contributed by atoms with Crippen molar-refractivity contribution in [2.75, 3.05) is 11.0 Å². The Hall–Kier alpha value is -3.08. The van der Waals surface area contributed by atoms with Crippen molar-refractivity contribution < 1.29 is 31.5 Å². The third kappa shape index (κ3) is 3.72. The predicted molar refractivity (Wildman–Crippen MR) is 105 cm³/mol. The predicted octanol–water partition coefficient (Wildman–Crippen LogP) is 3.66. The Kier molecular flexibility index (Phi) is 5.27. The Morgan fingerprint density at radius 1 is 1.13 bits per heavy atom. The molecule has 1 unspecified atom stereocenters. The number of hydrogen-bond donors (Lipinski definition) is 2. The van der Waals surface area contributed by atoms with Gasteiger partial charge in [-0.1, -0.05) is 25.1 Å². The molecule has 0 aliphatic carbocycles. The summed E-state index contributed by atoms with van der Waals surface area (Å²) in [7, 11) is -3.60. The first-order chi connectivity index (χ1) is 13.9. The summed E-state index contributed by atoms with van der Waals surface area (Å²) in [4.78, 5) is 12.4. The molecular formula is C19H18F3N3O4S. The number of sulfonamides is 1. The van der Waals surface area contributed by atoms with Gasteiger partial charge in [0.25, 0.3) is 0 Å². The summed E-state index contributed by atoms with van der Waals surface area (Å²) in [6.45, 7) is 1.58. The topological polar surface area (TPSA) is 101 Å². The number of hydrogen-bond acceptors (Lipinski definition) is 4. The van der Waals surface area contributed by atoms with E-state index in [2.05, 4.69) is 9.82 Å². The number of nitrogens with one attached hydrogen (secondary N) is 1. The molecule has 1 aromatic heterocycles. The third-order valence-corrected chi connectivity index (χ3v) is 5.42. The minimum absolute atomic E-state index is 0.0196. The Bertz CT molecular complexity index is 1200. The maximum Gasteiger partial charge on any atom is 0.416 e. The number of carbonyl (C=O) groups is 1. The molecule has 0 aliphatic rings. The van der Waals surface area contributed by atoms with Gasteiger partial charge in [0, 0.05) is 5.39 Å². The van der Waals surface area contributed by atoms with Gasteiger partial charge in [0.15, 0.2) is 5.54 Å².